The van der Waals surface area contributed by atoms with Crippen LogP contribution in [0.15, 0.2) is 48.5 Å². The number of anilines is 1. The third kappa shape index (κ3) is 3.65. The molecule has 2 aromatic rings. The van der Waals surface area contributed by atoms with E-state index in [1.165, 1.54) is 0 Å². The summed E-state index contributed by atoms with van der Waals surface area (Å²) in [5, 5.41) is 0.650. The molecule has 1 aliphatic heterocycles. The summed E-state index contributed by atoms with van der Waals surface area (Å²) in [6.45, 7) is 4.00. The Balaban J connectivity index is 1.85. The fourth-order valence-corrected chi connectivity index (χ4v) is 3.84. The van der Waals surface area contributed by atoms with Gasteiger partial charge in [0.1, 0.15) is 11.1 Å². The largest absolute Gasteiger partial charge is 0.491 e. The number of halogens is 1. The Hall–Kier alpha value is -1.65. The minimum Gasteiger partial charge on any atom is -0.491 e. The van der Waals surface area contributed by atoms with Crippen molar-refractivity contribution in [1.82, 2.24) is 0 Å². The molecule has 1 saturated heterocycles. The fourth-order valence-electron chi connectivity index (χ4n) is 2.53. The molecule has 3 rings (SSSR count). The molecular weight excluding hydrogens is 330 g/mol. The van der Waals surface area contributed by atoms with Gasteiger partial charge in [0.2, 0.25) is 5.91 Å². The average Bonchev–Trinajstić information content (AvgIpc) is 2.90. The standard InChI is InChI=1S/C18H18ClNO2S/c1-12(2)22-16-9-3-13(4-10-16)18-20(17(21)11-23-18)15-7-5-14(19)6-8-15/h3-10,12,18H,11H2,1-2H3/t18-/m0/s1. The summed E-state index contributed by atoms with van der Waals surface area (Å²) in [5.41, 5.74) is 1.96. The van der Waals surface area contributed by atoms with Crippen LogP contribution in [0.4, 0.5) is 5.69 Å². The average molecular weight is 348 g/mol. The molecule has 0 aromatic heterocycles. The number of carbonyl (C=O) groups excluding carboxylic acids is 1. The molecule has 0 radical (unpaired) electrons. The number of thioether (sulfide) groups is 1. The molecule has 0 unspecified atom stereocenters. The quantitative estimate of drug-likeness (QED) is 0.787. The molecule has 0 aliphatic carbocycles. The van der Waals surface area contributed by atoms with E-state index in [4.69, 9.17) is 16.3 Å². The Labute approximate surface area is 145 Å². The molecule has 1 aliphatic rings. The number of nitrogens with zero attached hydrogens (tertiary/aromatic N) is 1. The normalized spacial score (nSPS) is 17.8. The Morgan fingerprint density at radius 1 is 1.13 bits per heavy atom. The van der Waals surface area contributed by atoms with E-state index >= 15 is 0 Å². The highest BCUT2D eigenvalue weighted by molar-refractivity contribution is 8.00. The lowest BCUT2D eigenvalue weighted by Crippen LogP contribution is -2.27. The summed E-state index contributed by atoms with van der Waals surface area (Å²) < 4.78 is 5.68. The van der Waals surface area contributed by atoms with Crippen LogP contribution in [0, 0.1) is 0 Å². The van der Waals surface area contributed by atoms with E-state index in [1.54, 1.807) is 11.8 Å². The molecule has 0 saturated carbocycles. The molecule has 0 N–H and O–H groups in total. The molecule has 1 heterocycles. The first-order valence-electron chi connectivity index (χ1n) is 7.50. The van der Waals surface area contributed by atoms with Gasteiger partial charge in [0, 0.05) is 10.7 Å². The van der Waals surface area contributed by atoms with Crippen LogP contribution >= 0.6 is 23.4 Å². The lowest BCUT2D eigenvalue weighted by Gasteiger charge is -2.24. The van der Waals surface area contributed by atoms with Crippen molar-refractivity contribution in [1.29, 1.82) is 0 Å². The van der Waals surface area contributed by atoms with Crippen molar-refractivity contribution in [2.45, 2.75) is 25.3 Å². The van der Waals surface area contributed by atoms with Gasteiger partial charge in [-0.25, -0.2) is 0 Å². The molecule has 0 spiro atoms. The van der Waals surface area contributed by atoms with Gasteiger partial charge in [-0.05, 0) is 55.8 Å². The van der Waals surface area contributed by atoms with Gasteiger partial charge >= 0.3 is 0 Å². The van der Waals surface area contributed by atoms with Crippen LogP contribution in [0.3, 0.4) is 0 Å². The monoisotopic (exact) mass is 347 g/mol. The predicted molar refractivity (Wildman–Crippen MR) is 96.3 cm³/mol. The number of ether oxygens (including phenoxy) is 1. The van der Waals surface area contributed by atoms with Crippen LogP contribution in [0.2, 0.25) is 5.02 Å². The molecular formula is C18H18ClNO2S. The van der Waals surface area contributed by atoms with Crippen LogP contribution < -0.4 is 9.64 Å². The van der Waals surface area contributed by atoms with Crippen LogP contribution in [-0.4, -0.2) is 17.8 Å². The molecule has 2 aromatic carbocycles. The lowest BCUT2D eigenvalue weighted by molar-refractivity contribution is -0.115. The Morgan fingerprint density at radius 3 is 2.39 bits per heavy atom. The summed E-state index contributed by atoms with van der Waals surface area (Å²) in [5.74, 6) is 1.44. The summed E-state index contributed by atoms with van der Waals surface area (Å²) in [6.07, 6.45) is 0.147. The van der Waals surface area contributed by atoms with E-state index in [2.05, 4.69) is 0 Å². The minimum atomic E-state index is -0.0169. The SMILES string of the molecule is CC(C)Oc1ccc([C@@H]2SCC(=O)N2c2ccc(Cl)cc2)cc1. The predicted octanol–water partition coefficient (Wildman–Crippen LogP) is 4.91. The second-order valence-electron chi connectivity index (χ2n) is 5.64. The van der Waals surface area contributed by atoms with Crippen molar-refractivity contribution in [3.8, 4) is 5.75 Å². The van der Waals surface area contributed by atoms with E-state index in [9.17, 15) is 4.79 Å². The molecule has 1 atom stereocenters. The zero-order chi connectivity index (χ0) is 16.4. The third-order valence-corrected chi connectivity index (χ3v) is 4.97. The van der Waals surface area contributed by atoms with E-state index in [-0.39, 0.29) is 17.4 Å². The smallest absolute Gasteiger partial charge is 0.238 e. The first-order valence-corrected chi connectivity index (χ1v) is 8.93. The topological polar surface area (TPSA) is 29.5 Å². The van der Waals surface area contributed by atoms with Crippen LogP contribution in [-0.2, 0) is 4.79 Å². The number of amides is 1. The number of benzene rings is 2. The molecule has 0 bridgehead atoms. The Kier molecular flexibility index (Phi) is 4.83. The number of rotatable bonds is 4. The summed E-state index contributed by atoms with van der Waals surface area (Å²) in [7, 11) is 0. The highest BCUT2D eigenvalue weighted by Gasteiger charge is 2.33. The van der Waals surface area contributed by atoms with E-state index in [0.29, 0.717) is 10.8 Å². The van der Waals surface area contributed by atoms with Gasteiger partial charge in [-0.2, -0.15) is 0 Å². The van der Waals surface area contributed by atoms with E-state index in [0.717, 1.165) is 17.0 Å². The molecule has 23 heavy (non-hydrogen) atoms. The van der Waals surface area contributed by atoms with Crippen molar-refractivity contribution >= 4 is 35.0 Å². The Morgan fingerprint density at radius 2 is 1.78 bits per heavy atom. The summed E-state index contributed by atoms with van der Waals surface area (Å²) >= 11 is 7.58. The van der Waals surface area contributed by atoms with Crippen molar-refractivity contribution in [3.63, 3.8) is 0 Å². The van der Waals surface area contributed by atoms with Gasteiger partial charge in [0.25, 0.3) is 0 Å². The molecule has 3 nitrogen and oxygen atoms in total. The highest BCUT2D eigenvalue weighted by atomic mass is 35.5. The molecule has 5 heteroatoms. The van der Waals surface area contributed by atoms with Crippen molar-refractivity contribution in [3.05, 3.63) is 59.1 Å². The second-order valence-corrected chi connectivity index (χ2v) is 7.14. The first-order chi connectivity index (χ1) is 11.0. The van der Waals surface area contributed by atoms with Gasteiger partial charge in [0.15, 0.2) is 0 Å². The van der Waals surface area contributed by atoms with Crippen LogP contribution in [0.1, 0.15) is 24.8 Å². The van der Waals surface area contributed by atoms with Gasteiger partial charge in [-0.15, -0.1) is 11.8 Å². The number of carbonyl (C=O) groups is 1. The maximum absolute atomic E-state index is 12.3. The summed E-state index contributed by atoms with van der Waals surface area (Å²) in [6, 6.07) is 15.4. The van der Waals surface area contributed by atoms with E-state index < -0.39 is 0 Å². The second kappa shape index (κ2) is 6.85. The molecule has 120 valence electrons. The van der Waals surface area contributed by atoms with Crippen molar-refractivity contribution in [2.75, 3.05) is 10.7 Å². The van der Waals surface area contributed by atoms with E-state index in [1.807, 2.05) is 67.3 Å². The number of hydrogen-bond donors (Lipinski definition) is 0. The number of hydrogen-bond acceptors (Lipinski definition) is 3. The Bertz CT molecular complexity index is 685. The zero-order valence-electron chi connectivity index (χ0n) is 13.0. The molecule has 1 amide bonds. The fraction of sp³-hybridized carbons (Fsp3) is 0.278. The van der Waals surface area contributed by atoms with Crippen LogP contribution in [0.5, 0.6) is 5.75 Å². The van der Waals surface area contributed by atoms with Gasteiger partial charge in [0.05, 0.1) is 11.9 Å². The van der Waals surface area contributed by atoms with Crippen molar-refractivity contribution in [2.24, 2.45) is 0 Å². The third-order valence-electron chi connectivity index (χ3n) is 3.51. The van der Waals surface area contributed by atoms with Crippen LogP contribution in [0.25, 0.3) is 0 Å². The minimum absolute atomic E-state index is 0.0169. The summed E-state index contributed by atoms with van der Waals surface area (Å²) in [4.78, 5) is 14.1. The van der Waals surface area contributed by atoms with Gasteiger partial charge in [-0.1, -0.05) is 23.7 Å². The molecule has 1 fully saturated rings. The van der Waals surface area contributed by atoms with Gasteiger partial charge < -0.3 is 4.74 Å². The van der Waals surface area contributed by atoms with Gasteiger partial charge in [-0.3, -0.25) is 9.69 Å². The highest BCUT2D eigenvalue weighted by Crippen LogP contribution is 2.42. The van der Waals surface area contributed by atoms with Crippen molar-refractivity contribution < 1.29 is 9.53 Å². The zero-order valence-corrected chi connectivity index (χ0v) is 14.6. The lowest BCUT2D eigenvalue weighted by atomic mass is 10.1. The maximum Gasteiger partial charge on any atom is 0.238 e. The maximum atomic E-state index is 12.3. The first kappa shape index (κ1) is 16.2.